The summed E-state index contributed by atoms with van der Waals surface area (Å²) in [6.45, 7) is 3.93. The van der Waals surface area contributed by atoms with Crippen LogP contribution in [-0.2, 0) is 0 Å². The lowest BCUT2D eigenvalue weighted by atomic mass is 9.95. The topological polar surface area (TPSA) is 88.0 Å². The second kappa shape index (κ2) is 5.99. The number of nitro groups is 1. The molecule has 0 aliphatic rings. The van der Waals surface area contributed by atoms with E-state index in [1.54, 1.807) is 0 Å². The summed E-state index contributed by atoms with van der Waals surface area (Å²) in [6.07, 6.45) is 1.57. The highest BCUT2D eigenvalue weighted by Gasteiger charge is 2.26. The normalized spacial score (nSPS) is 13.9. The maximum absolute atomic E-state index is 11.9. The van der Waals surface area contributed by atoms with Crippen LogP contribution in [0.5, 0.6) is 0 Å². The predicted octanol–water partition coefficient (Wildman–Crippen LogP) is 2.61. The minimum atomic E-state index is -0.561. The lowest BCUT2D eigenvalue weighted by Gasteiger charge is -2.28. The average Bonchev–Trinajstić information content (AvgIpc) is 2.78. The lowest BCUT2D eigenvalue weighted by molar-refractivity contribution is -0.389. The maximum atomic E-state index is 11.9. The first-order valence-electron chi connectivity index (χ1n) is 5.64. The third-order valence-corrected chi connectivity index (χ3v) is 3.35. The summed E-state index contributed by atoms with van der Waals surface area (Å²) in [5.41, 5.74) is -0.114. The molecule has 1 rings (SSSR count). The van der Waals surface area contributed by atoms with Crippen LogP contribution in [0, 0.1) is 10.1 Å². The van der Waals surface area contributed by atoms with E-state index in [0.717, 1.165) is 18.2 Å². The van der Waals surface area contributed by atoms with Crippen molar-refractivity contribution in [2.24, 2.45) is 0 Å². The van der Waals surface area contributed by atoms with Gasteiger partial charge < -0.3 is 15.4 Å². The lowest BCUT2D eigenvalue weighted by Crippen LogP contribution is -2.45. The van der Waals surface area contributed by atoms with Crippen LogP contribution in [0.4, 0.5) is 5.82 Å². The predicted molar refractivity (Wildman–Crippen MR) is 72.0 cm³/mol. The van der Waals surface area contributed by atoms with Gasteiger partial charge in [0, 0.05) is 16.9 Å². The molecule has 6 nitrogen and oxygen atoms in total. The number of aromatic nitrogens is 1. The molecule has 0 fully saturated rings. The monoisotopic (exact) mass is 317 g/mol. The molecule has 1 heterocycles. The molecule has 0 bridgehead atoms. The van der Waals surface area contributed by atoms with Crippen molar-refractivity contribution in [1.82, 2.24) is 10.3 Å². The van der Waals surface area contributed by atoms with Gasteiger partial charge in [-0.1, -0.05) is 22.9 Å². The number of halogens is 1. The van der Waals surface area contributed by atoms with E-state index >= 15 is 0 Å². The molecule has 2 N–H and O–H groups in total. The van der Waals surface area contributed by atoms with Gasteiger partial charge in [-0.3, -0.25) is 4.79 Å². The van der Waals surface area contributed by atoms with Gasteiger partial charge in [-0.15, -0.1) is 0 Å². The van der Waals surface area contributed by atoms with Gasteiger partial charge in [-0.2, -0.15) is 0 Å². The number of alkyl halides is 1. The van der Waals surface area contributed by atoms with Crippen LogP contribution >= 0.6 is 15.9 Å². The van der Waals surface area contributed by atoms with Crippen LogP contribution in [0.1, 0.15) is 37.2 Å². The van der Waals surface area contributed by atoms with E-state index in [-0.39, 0.29) is 23.0 Å². The highest BCUT2D eigenvalue weighted by Crippen LogP contribution is 2.17. The molecule has 1 unspecified atom stereocenters. The molecule has 1 aromatic heterocycles. The molecule has 7 heteroatoms. The van der Waals surface area contributed by atoms with Crippen LogP contribution in [-0.4, -0.2) is 26.7 Å². The third-order valence-electron chi connectivity index (χ3n) is 2.95. The number of carbonyl (C=O) groups is 1. The average molecular weight is 318 g/mol. The number of H-pyrrole nitrogens is 1. The van der Waals surface area contributed by atoms with Crippen molar-refractivity contribution in [2.45, 2.75) is 32.2 Å². The van der Waals surface area contributed by atoms with E-state index in [9.17, 15) is 14.9 Å². The highest BCUT2D eigenvalue weighted by molar-refractivity contribution is 9.09. The Bertz CT molecular complexity index is 446. The second-order valence-corrected chi connectivity index (χ2v) is 5.11. The molecule has 0 aromatic carbocycles. The Morgan fingerprint density at radius 3 is 2.72 bits per heavy atom. The number of amides is 1. The van der Waals surface area contributed by atoms with E-state index in [1.165, 1.54) is 12.1 Å². The molecule has 0 aliphatic heterocycles. The van der Waals surface area contributed by atoms with Gasteiger partial charge in [-0.05, 0) is 30.8 Å². The third kappa shape index (κ3) is 3.56. The highest BCUT2D eigenvalue weighted by atomic mass is 79.9. The van der Waals surface area contributed by atoms with Gasteiger partial charge in [0.15, 0.2) is 5.69 Å². The second-order valence-electron chi connectivity index (χ2n) is 4.32. The summed E-state index contributed by atoms with van der Waals surface area (Å²) >= 11 is 3.35. The summed E-state index contributed by atoms with van der Waals surface area (Å²) in [5.74, 6) is -0.507. The van der Waals surface area contributed by atoms with Crippen molar-refractivity contribution in [3.8, 4) is 0 Å². The smallest absolute Gasteiger partial charge is 0.321 e. The summed E-state index contributed by atoms with van der Waals surface area (Å²) in [4.78, 5) is 24.4. The van der Waals surface area contributed by atoms with Crippen molar-refractivity contribution in [2.75, 3.05) is 5.33 Å². The summed E-state index contributed by atoms with van der Waals surface area (Å²) in [6, 6.07) is 2.69. The van der Waals surface area contributed by atoms with Crippen LogP contribution < -0.4 is 5.32 Å². The molecule has 100 valence electrons. The van der Waals surface area contributed by atoms with Crippen molar-refractivity contribution >= 4 is 27.7 Å². The Balaban J connectivity index is 2.77. The van der Waals surface area contributed by atoms with Crippen LogP contribution in [0.2, 0.25) is 0 Å². The zero-order valence-electron chi connectivity index (χ0n) is 10.3. The summed E-state index contributed by atoms with van der Waals surface area (Å²) in [7, 11) is 0. The zero-order chi connectivity index (χ0) is 13.8. The fourth-order valence-electron chi connectivity index (χ4n) is 1.50. The Morgan fingerprint density at radius 2 is 2.28 bits per heavy atom. The molecular weight excluding hydrogens is 302 g/mol. The van der Waals surface area contributed by atoms with E-state index in [2.05, 4.69) is 26.2 Å². The fourth-order valence-corrected chi connectivity index (χ4v) is 2.38. The van der Waals surface area contributed by atoms with E-state index in [4.69, 9.17) is 0 Å². The molecule has 0 spiro atoms. The fraction of sp³-hybridized carbons (Fsp3) is 0.545. The van der Waals surface area contributed by atoms with Gasteiger partial charge in [0.2, 0.25) is 0 Å². The number of hydrogen-bond acceptors (Lipinski definition) is 3. The van der Waals surface area contributed by atoms with Gasteiger partial charge in [0.25, 0.3) is 5.91 Å². The van der Waals surface area contributed by atoms with Gasteiger partial charge in [-0.25, -0.2) is 4.98 Å². The van der Waals surface area contributed by atoms with Gasteiger partial charge >= 0.3 is 5.82 Å². The summed E-state index contributed by atoms with van der Waals surface area (Å²) in [5, 5.41) is 14.2. The van der Waals surface area contributed by atoms with Crippen molar-refractivity contribution in [1.29, 1.82) is 0 Å². The van der Waals surface area contributed by atoms with Crippen molar-refractivity contribution in [3.63, 3.8) is 0 Å². The quantitative estimate of drug-likeness (QED) is 0.480. The summed E-state index contributed by atoms with van der Waals surface area (Å²) < 4.78 is 0. The molecule has 1 aromatic rings. The first kappa shape index (κ1) is 14.7. The standard InChI is InChI=1S/C11H16BrN3O3/c1-3-11(2,6-7-12)14-10(16)8-4-5-9(13-8)15(17)18/h4-5,13H,3,6-7H2,1-2H3,(H,14,16). The minimum Gasteiger partial charge on any atom is -0.358 e. The number of nitrogens with one attached hydrogen (secondary N) is 2. The molecule has 0 radical (unpaired) electrons. The van der Waals surface area contributed by atoms with Crippen LogP contribution in [0.3, 0.4) is 0 Å². The Hall–Kier alpha value is -1.37. The van der Waals surface area contributed by atoms with Gasteiger partial charge in [0.1, 0.15) is 0 Å². The SMILES string of the molecule is CCC(C)(CCBr)NC(=O)c1ccc([N+](=O)[O-])[nH]1. The zero-order valence-corrected chi connectivity index (χ0v) is 11.9. The molecule has 1 atom stereocenters. The molecule has 0 saturated carbocycles. The number of carbonyl (C=O) groups excluding carboxylic acids is 1. The van der Waals surface area contributed by atoms with Crippen LogP contribution in [0.15, 0.2) is 12.1 Å². The maximum Gasteiger partial charge on any atom is 0.321 e. The number of hydrogen-bond donors (Lipinski definition) is 2. The first-order chi connectivity index (χ1) is 8.41. The van der Waals surface area contributed by atoms with Crippen molar-refractivity contribution < 1.29 is 9.72 Å². The molecular formula is C11H16BrN3O3. The Labute approximate surface area is 113 Å². The number of aromatic amines is 1. The number of rotatable bonds is 6. The largest absolute Gasteiger partial charge is 0.358 e. The minimum absolute atomic E-state index is 0.182. The number of nitrogens with zero attached hydrogens (tertiary/aromatic N) is 1. The van der Waals surface area contributed by atoms with Gasteiger partial charge in [0.05, 0.1) is 0 Å². The first-order valence-corrected chi connectivity index (χ1v) is 6.76. The molecule has 1 amide bonds. The Morgan fingerprint density at radius 1 is 1.61 bits per heavy atom. The van der Waals surface area contributed by atoms with Crippen LogP contribution in [0.25, 0.3) is 0 Å². The molecule has 18 heavy (non-hydrogen) atoms. The molecule has 0 saturated heterocycles. The van der Waals surface area contributed by atoms with E-state index < -0.39 is 4.92 Å². The molecule has 0 aliphatic carbocycles. The van der Waals surface area contributed by atoms with E-state index in [1.807, 2.05) is 13.8 Å². The van der Waals surface area contributed by atoms with E-state index in [0.29, 0.717) is 0 Å². The Kier molecular flexibility index (Phi) is 4.89. The van der Waals surface area contributed by atoms with Crippen molar-refractivity contribution in [3.05, 3.63) is 27.9 Å².